The molecule has 10 rings (SSSR count). The number of hydrogen-bond acceptors (Lipinski definition) is 20. The van der Waals surface area contributed by atoms with Crippen LogP contribution in [0, 0.1) is 18.7 Å². The number of cyclic esters (lactones) is 1. The number of halogens is 1. The lowest BCUT2D eigenvalue weighted by molar-refractivity contribution is -0.191. The van der Waals surface area contributed by atoms with Crippen LogP contribution in [-0.4, -0.2) is 170 Å². The summed E-state index contributed by atoms with van der Waals surface area (Å²) in [5.41, 5.74) is 9.20. The fourth-order valence-electron chi connectivity index (χ4n) is 13.6. The fourth-order valence-corrected chi connectivity index (χ4v) is 14.7. The number of sulfonamides is 1. The highest BCUT2D eigenvalue weighted by Gasteiger charge is 2.52. The highest BCUT2D eigenvalue weighted by atomic mass is 32.2. The highest BCUT2D eigenvalue weighted by Crippen LogP contribution is 2.46. The minimum Gasteiger partial charge on any atom is -0.481 e. The number of nitrogens with two attached hydrogens (primary N) is 1. The van der Waals surface area contributed by atoms with E-state index in [4.69, 9.17) is 34.4 Å². The van der Waals surface area contributed by atoms with E-state index in [1.807, 2.05) is 6.92 Å². The third-order valence-corrected chi connectivity index (χ3v) is 20.4. The smallest absolute Gasteiger partial charge is 0.355 e. The van der Waals surface area contributed by atoms with Crippen molar-refractivity contribution in [3.8, 4) is 11.4 Å². The van der Waals surface area contributed by atoms with Crippen LogP contribution in [0.25, 0.3) is 22.3 Å². The number of rotatable bonds is 34. The molecule has 3 aliphatic heterocycles. The number of pyridine rings is 2. The molecule has 1 fully saturated rings. The standard InChI is InChI=1S/C74H88FN13O20S/c1-6-23-77-71(99)81-45-12-9-14-47(33-45)109(102,103)86-46-13-8-11-42(32-46)54(36-60(90)91)84-73(101)80-44-18-16-43(17-19-44)79-72(100)78-24-27-105-29-31-106-30-28-104-26-22-59(89)82-56(37-61(92)93)68(96)87-25-10-15-57(87)66(94)85-64(40(3)4)69(97)108-74(7-2)51-34-58-65-49(38-88(58)67(95)50(51)39-107-70(74)98)62-53(76)21-20-48-41(5)52(75)35-55(83-65)63(48)62/h8-9,11-14,16-19,32-35,40,53-54,56-57,64,86H,6-7,10,15,20-31,36-39,76H2,1-5H3,(H,82,89)(H,85,94)(H,90,91)(H,92,93)(H2,77,81,99)(H2,78,79,100)(H2,80,84,101). The molecule has 0 spiro atoms. The lowest BCUT2D eigenvalue weighted by Gasteiger charge is -2.37. The number of carbonyl (C=O) groups excluding carboxylic acids is 8. The van der Waals surface area contributed by atoms with Crippen LogP contribution < -0.4 is 58.5 Å². The predicted octanol–water partition coefficient (Wildman–Crippen LogP) is 6.05. The molecule has 0 saturated carbocycles. The number of ether oxygens (including phenoxy) is 5. The Morgan fingerprint density at radius 1 is 0.743 bits per heavy atom. The second-order valence-electron chi connectivity index (χ2n) is 26.9. The van der Waals surface area contributed by atoms with E-state index in [2.05, 4.69) is 47.3 Å². The molecule has 6 unspecified atom stereocenters. The molecular weight excluding hydrogens is 1440 g/mol. The average molecular weight is 1530 g/mol. The van der Waals surface area contributed by atoms with E-state index in [0.717, 1.165) is 21.4 Å². The number of likely N-dealkylation sites (tertiary alicyclic amines) is 1. The van der Waals surface area contributed by atoms with E-state index in [-0.39, 0.29) is 117 Å². The maximum Gasteiger partial charge on any atom is 0.355 e. The fraction of sp³-hybridized carbons (Fsp3) is 0.432. The van der Waals surface area contributed by atoms with Crippen molar-refractivity contribution in [2.45, 2.75) is 146 Å². The number of carboxylic acid groups (broad SMARTS) is 2. The van der Waals surface area contributed by atoms with Crippen LogP contribution in [0.5, 0.6) is 0 Å². The van der Waals surface area contributed by atoms with Crippen molar-refractivity contribution in [3.05, 3.63) is 140 Å². The third kappa shape index (κ3) is 19.2. The first-order valence-electron chi connectivity index (χ1n) is 35.7. The minimum atomic E-state index is -4.19. The number of carbonyl (C=O) groups is 10. The van der Waals surface area contributed by atoms with E-state index >= 15 is 4.39 Å². The molecule has 6 atom stereocenters. The van der Waals surface area contributed by atoms with Gasteiger partial charge in [0.15, 0.2) is 0 Å². The van der Waals surface area contributed by atoms with Gasteiger partial charge in [0.1, 0.15) is 30.5 Å². The summed E-state index contributed by atoms with van der Waals surface area (Å²) < 4.78 is 74.3. The number of aryl methyl sites for hydroxylation is 1. The summed E-state index contributed by atoms with van der Waals surface area (Å²) in [5, 5.41) is 41.1. The van der Waals surface area contributed by atoms with Crippen molar-refractivity contribution in [1.29, 1.82) is 0 Å². The number of aliphatic carboxylic acids is 2. The van der Waals surface area contributed by atoms with Crippen molar-refractivity contribution in [2.24, 2.45) is 11.7 Å². The number of hydrogen-bond donors (Lipinski definition) is 12. The second kappa shape index (κ2) is 35.7. The van der Waals surface area contributed by atoms with E-state index in [1.54, 1.807) is 33.8 Å². The topological polar surface area (TPSA) is 464 Å². The molecule has 9 amide bonds. The highest BCUT2D eigenvalue weighted by molar-refractivity contribution is 7.92. The first-order valence-corrected chi connectivity index (χ1v) is 37.2. The molecule has 0 bridgehead atoms. The molecule has 4 aromatic carbocycles. The van der Waals surface area contributed by atoms with Crippen LogP contribution in [0.2, 0.25) is 0 Å². The number of amides is 9. The Hall–Kier alpha value is -11.1. The van der Waals surface area contributed by atoms with Gasteiger partial charge in [-0.15, -0.1) is 0 Å². The van der Waals surface area contributed by atoms with Crippen LogP contribution in [0.1, 0.15) is 130 Å². The number of esters is 2. The molecule has 582 valence electrons. The largest absolute Gasteiger partial charge is 0.481 e. The van der Waals surface area contributed by atoms with Gasteiger partial charge in [0, 0.05) is 77.4 Å². The zero-order chi connectivity index (χ0) is 78.4. The molecular formula is C74H88FN13O20S. The Labute approximate surface area is 625 Å². The maximum atomic E-state index is 15.3. The van der Waals surface area contributed by atoms with Crippen LogP contribution in [0.15, 0.2) is 94.6 Å². The molecule has 6 aromatic rings. The van der Waals surface area contributed by atoms with Crippen molar-refractivity contribution in [1.82, 2.24) is 41.0 Å². The molecule has 13 N–H and O–H groups in total. The lowest BCUT2D eigenvalue weighted by Crippen LogP contribution is -2.57. The molecule has 0 radical (unpaired) electrons. The van der Waals surface area contributed by atoms with Gasteiger partial charge in [0.05, 0.1) is 92.4 Å². The molecule has 5 heterocycles. The van der Waals surface area contributed by atoms with Gasteiger partial charge in [0.2, 0.25) is 23.3 Å². The summed E-state index contributed by atoms with van der Waals surface area (Å²) in [5.74, 6) is -8.14. The summed E-state index contributed by atoms with van der Waals surface area (Å²) in [6, 6.07) is 12.8. The molecule has 1 saturated heterocycles. The van der Waals surface area contributed by atoms with Gasteiger partial charge in [-0.25, -0.2) is 41.8 Å². The van der Waals surface area contributed by atoms with Crippen molar-refractivity contribution in [3.63, 3.8) is 0 Å². The Balaban J connectivity index is 0.619. The quantitative estimate of drug-likeness (QED) is 0.0161. The van der Waals surface area contributed by atoms with Crippen molar-refractivity contribution in [2.75, 3.05) is 79.9 Å². The third-order valence-electron chi connectivity index (χ3n) is 19.0. The number of nitrogens with zero attached hydrogens (tertiary/aromatic N) is 3. The molecule has 33 nitrogen and oxygen atoms in total. The van der Waals surface area contributed by atoms with Crippen LogP contribution in [-0.2, 0) is 92.4 Å². The Kier molecular flexibility index (Phi) is 26.3. The lowest BCUT2D eigenvalue weighted by atomic mass is 9.82. The Bertz CT molecular complexity index is 4680. The molecule has 109 heavy (non-hydrogen) atoms. The van der Waals surface area contributed by atoms with E-state index < -0.39 is 142 Å². The summed E-state index contributed by atoms with van der Waals surface area (Å²) in [7, 11) is -4.19. The van der Waals surface area contributed by atoms with Crippen LogP contribution in [0.4, 0.5) is 41.5 Å². The zero-order valence-corrected chi connectivity index (χ0v) is 61.5. The number of carboxylic acids is 2. The summed E-state index contributed by atoms with van der Waals surface area (Å²) in [4.78, 5) is 152. The average Bonchev–Trinajstić information content (AvgIpc) is 1.60. The van der Waals surface area contributed by atoms with Gasteiger partial charge >= 0.3 is 42.0 Å². The molecule has 2 aromatic heterocycles. The van der Waals surface area contributed by atoms with E-state index in [9.17, 15) is 71.4 Å². The van der Waals surface area contributed by atoms with Crippen molar-refractivity contribution < 1.29 is 94.7 Å². The van der Waals surface area contributed by atoms with Gasteiger partial charge in [-0.2, -0.15) is 0 Å². The monoisotopic (exact) mass is 1530 g/mol. The molecule has 4 aliphatic rings. The SMILES string of the molecule is CCCNC(=O)Nc1cccc(S(=O)(=O)Nc2cccc(C(CC(=O)O)NC(=O)Nc3ccc(NC(=O)NCCOCCOCCOCCC(=O)NC(CC(=O)O)C(=O)N4CCCC4C(=O)NC(C(=O)OC4(CC)C(=O)OCc5c4cc4n(c5=O)Cc5c-4nc4cc(F)c(C)c6c4c5C(N)CC6)C(C)C)cc3)c2)c1. The normalized spacial score (nSPS) is 17.0. The maximum absolute atomic E-state index is 15.3. The van der Waals surface area contributed by atoms with Gasteiger partial charge in [0.25, 0.3) is 15.6 Å². The summed E-state index contributed by atoms with van der Waals surface area (Å²) in [6.45, 7) is 9.04. The number of anilines is 4. The number of nitrogens with one attached hydrogen (secondary N) is 9. The van der Waals surface area contributed by atoms with E-state index in [1.165, 1.54) is 83.4 Å². The van der Waals surface area contributed by atoms with E-state index in [0.29, 0.717) is 65.9 Å². The first-order chi connectivity index (χ1) is 52.1. The van der Waals surface area contributed by atoms with Gasteiger partial charge in [-0.3, -0.25) is 33.5 Å². The molecule has 1 aliphatic carbocycles. The predicted molar refractivity (Wildman–Crippen MR) is 393 cm³/mol. The summed E-state index contributed by atoms with van der Waals surface area (Å²) in [6.07, 6.45) is 0.354. The zero-order valence-electron chi connectivity index (χ0n) is 60.6. The number of benzene rings is 4. The number of urea groups is 3. The van der Waals surface area contributed by atoms with Crippen LogP contribution in [0.3, 0.4) is 0 Å². The Morgan fingerprint density at radius 2 is 1.39 bits per heavy atom. The Morgan fingerprint density at radius 3 is 2.07 bits per heavy atom. The summed E-state index contributed by atoms with van der Waals surface area (Å²) >= 11 is 0. The van der Waals surface area contributed by atoms with Gasteiger partial charge in [-0.1, -0.05) is 45.9 Å². The van der Waals surface area contributed by atoms with Gasteiger partial charge < -0.3 is 91.6 Å². The second-order valence-corrected chi connectivity index (χ2v) is 28.6. The number of aromatic nitrogens is 2. The minimum absolute atomic E-state index is 0.0104. The first kappa shape index (κ1) is 80.4. The molecule has 35 heteroatoms. The van der Waals surface area contributed by atoms with Crippen LogP contribution >= 0.6 is 0 Å². The van der Waals surface area contributed by atoms with Crippen molar-refractivity contribution >= 4 is 103 Å². The number of fused-ring (bicyclic) bond motifs is 5. The van der Waals surface area contributed by atoms with Gasteiger partial charge in [-0.05, 0) is 134 Å².